The second-order valence-corrected chi connectivity index (χ2v) is 7.89. The van der Waals surface area contributed by atoms with Gasteiger partial charge in [-0.2, -0.15) is 5.10 Å². The predicted molar refractivity (Wildman–Crippen MR) is 101 cm³/mol. The number of hydrogen-bond acceptors (Lipinski definition) is 3. The molecule has 5 heteroatoms. The van der Waals surface area contributed by atoms with Gasteiger partial charge >= 0.3 is 0 Å². The molecule has 0 saturated heterocycles. The Morgan fingerprint density at radius 2 is 1.88 bits per heavy atom. The van der Waals surface area contributed by atoms with Crippen LogP contribution < -0.4 is 0 Å². The molecule has 128 valence electrons. The van der Waals surface area contributed by atoms with Crippen molar-refractivity contribution in [3.8, 4) is 11.3 Å². The monoisotopic (exact) mass is 351 g/mol. The molecule has 0 atom stereocenters. The van der Waals surface area contributed by atoms with E-state index in [9.17, 15) is 4.79 Å². The Kier molecular flexibility index (Phi) is 4.17. The molecule has 1 amide bonds. The Hall–Kier alpha value is -2.40. The van der Waals surface area contributed by atoms with Crippen molar-refractivity contribution in [2.75, 3.05) is 6.54 Å². The van der Waals surface area contributed by atoms with Gasteiger partial charge in [0.2, 0.25) is 0 Å². The first-order valence-electron chi connectivity index (χ1n) is 8.59. The molecule has 0 aliphatic carbocycles. The zero-order chi connectivity index (χ0) is 17.4. The van der Waals surface area contributed by atoms with Crippen LogP contribution in [0.4, 0.5) is 0 Å². The van der Waals surface area contributed by atoms with E-state index in [0.717, 1.165) is 41.3 Å². The van der Waals surface area contributed by atoms with Crippen molar-refractivity contribution < 1.29 is 4.79 Å². The molecule has 0 radical (unpaired) electrons. The maximum absolute atomic E-state index is 12.8. The third-order valence-corrected chi connectivity index (χ3v) is 5.59. The maximum Gasteiger partial charge on any atom is 0.264 e. The van der Waals surface area contributed by atoms with Crippen LogP contribution in [-0.2, 0) is 13.1 Å². The van der Waals surface area contributed by atoms with E-state index in [1.807, 2.05) is 24.0 Å². The predicted octanol–water partition coefficient (Wildman–Crippen LogP) is 4.27. The van der Waals surface area contributed by atoms with E-state index in [1.165, 1.54) is 10.4 Å². The molecular weight excluding hydrogens is 330 g/mol. The largest absolute Gasteiger partial charge is 0.332 e. The van der Waals surface area contributed by atoms with Crippen molar-refractivity contribution >= 4 is 17.2 Å². The number of nitrogens with zero attached hydrogens (tertiary/aromatic N) is 3. The number of aromatic nitrogens is 2. The topological polar surface area (TPSA) is 38.1 Å². The molecule has 25 heavy (non-hydrogen) atoms. The van der Waals surface area contributed by atoms with Crippen molar-refractivity contribution in [3.63, 3.8) is 0 Å². The van der Waals surface area contributed by atoms with Crippen molar-refractivity contribution in [1.29, 1.82) is 0 Å². The molecule has 1 aliphatic rings. The van der Waals surface area contributed by atoms with Crippen molar-refractivity contribution in [2.45, 2.75) is 33.4 Å². The molecule has 3 aromatic rings. The minimum absolute atomic E-state index is 0.129. The molecule has 0 fully saturated rings. The maximum atomic E-state index is 12.8. The van der Waals surface area contributed by atoms with Gasteiger partial charge in [-0.05, 0) is 38.5 Å². The van der Waals surface area contributed by atoms with E-state index < -0.39 is 0 Å². The van der Waals surface area contributed by atoms with E-state index >= 15 is 0 Å². The van der Waals surface area contributed by atoms with Gasteiger partial charge in [-0.1, -0.05) is 29.8 Å². The summed E-state index contributed by atoms with van der Waals surface area (Å²) in [6.45, 7) is 6.37. The highest BCUT2D eigenvalue weighted by molar-refractivity contribution is 7.13. The van der Waals surface area contributed by atoms with Crippen LogP contribution in [-0.4, -0.2) is 27.1 Å². The fourth-order valence-electron chi connectivity index (χ4n) is 3.21. The lowest BCUT2D eigenvalue weighted by Gasteiger charge is -2.19. The van der Waals surface area contributed by atoms with Gasteiger partial charge in [0.1, 0.15) is 0 Å². The van der Waals surface area contributed by atoms with Crippen LogP contribution in [0.15, 0.2) is 42.5 Å². The molecule has 4 nitrogen and oxygen atoms in total. The Balaban J connectivity index is 1.60. The summed E-state index contributed by atoms with van der Waals surface area (Å²) in [5, 5.41) is 4.76. The second kappa shape index (κ2) is 6.48. The van der Waals surface area contributed by atoms with Gasteiger partial charge in [0.15, 0.2) is 0 Å². The highest BCUT2D eigenvalue weighted by Crippen LogP contribution is 2.24. The second-order valence-electron chi connectivity index (χ2n) is 6.60. The molecule has 0 bridgehead atoms. The fourth-order valence-corrected chi connectivity index (χ4v) is 4.04. The average Bonchev–Trinajstić information content (AvgIpc) is 3.16. The molecule has 3 heterocycles. The Bertz CT molecular complexity index is 907. The number of rotatable bonds is 2. The van der Waals surface area contributed by atoms with E-state index in [2.05, 4.69) is 41.9 Å². The van der Waals surface area contributed by atoms with E-state index in [-0.39, 0.29) is 5.91 Å². The number of carbonyl (C=O) groups is 1. The zero-order valence-electron chi connectivity index (χ0n) is 14.5. The molecular formula is C20H21N3OS. The third-order valence-electron chi connectivity index (χ3n) is 4.60. The molecule has 2 aromatic heterocycles. The number of amides is 1. The lowest BCUT2D eigenvalue weighted by atomic mass is 10.1. The lowest BCUT2D eigenvalue weighted by Crippen LogP contribution is -2.30. The third kappa shape index (κ3) is 3.24. The van der Waals surface area contributed by atoms with Crippen LogP contribution in [0, 0.1) is 13.8 Å². The molecule has 0 saturated carbocycles. The first-order chi connectivity index (χ1) is 12.1. The normalized spacial score (nSPS) is 14.2. The minimum atomic E-state index is 0.129. The van der Waals surface area contributed by atoms with E-state index in [1.54, 1.807) is 11.3 Å². The van der Waals surface area contributed by atoms with Crippen molar-refractivity contribution in [1.82, 2.24) is 14.7 Å². The van der Waals surface area contributed by atoms with Gasteiger partial charge in [-0.15, -0.1) is 11.3 Å². The van der Waals surface area contributed by atoms with Crippen LogP contribution in [0.5, 0.6) is 0 Å². The summed E-state index contributed by atoms with van der Waals surface area (Å²) in [7, 11) is 0. The molecule has 4 rings (SSSR count). The number of aryl methyl sites for hydroxylation is 3. The molecule has 0 unspecified atom stereocenters. The van der Waals surface area contributed by atoms with Gasteiger partial charge in [0.25, 0.3) is 5.91 Å². The van der Waals surface area contributed by atoms with Crippen LogP contribution in [0.1, 0.15) is 32.2 Å². The first-order valence-corrected chi connectivity index (χ1v) is 9.41. The Labute approximate surface area is 151 Å². The Morgan fingerprint density at radius 1 is 1.08 bits per heavy atom. The number of carbonyl (C=O) groups excluding carboxylic acids is 1. The summed E-state index contributed by atoms with van der Waals surface area (Å²) in [5.41, 5.74) is 4.46. The number of thiophene rings is 1. The highest BCUT2D eigenvalue weighted by atomic mass is 32.1. The lowest BCUT2D eigenvalue weighted by molar-refractivity contribution is 0.0750. The van der Waals surface area contributed by atoms with Gasteiger partial charge in [0, 0.05) is 23.5 Å². The Morgan fingerprint density at radius 3 is 2.60 bits per heavy atom. The SMILES string of the molecule is Cc1ccc(-c2cc3n(n2)CCCN(C(=O)c2ccc(C)s2)C3)cc1. The molecule has 1 aromatic carbocycles. The standard InChI is InChI=1S/C20H21N3OS/c1-14-4-7-16(8-5-14)18-12-17-13-22(10-3-11-23(17)21-18)20(24)19-9-6-15(2)25-19/h4-9,12H,3,10-11,13H2,1-2H3. The van der Waals surface area contributed by atoms with E-state index in [0.29, 0.717) is 6.54 Å². The molecule has 1 aliphatic heterocycles. The minimum Gasteiger partial charge on any atom is -0.332 e. The summed E-state index contributed by atoms with van der Waals surface area (Å²) >= 11 is 1.57. The summed E-state index contributed by atoms with van der Waals surface area (Å²) < 4.78 is 2.06. The number of benzene rings is 1. The zero-order valence-corrected chi connectivity index (χ0v) is 15.3. The van der Waals surface area contributed by atoms with Gasteiger partial charge < -0.3 is 4.90 Å². The van der Waals surface area contributed by atoms with Gasteiger partial charge in [0.05, 0.1) is 22.8 Å². The fraction of sp³-hybridized carbons (Fsp3) is 0.300. The highest BCUT2D eigenvalue weighted by Gasteiger charge is 2.22. The summed E-state index contributed by atoms with van der Waals surface area (Å²) in [6, 6.07) is 14.5. The van der Waals surface area contributed by atoms with Crippen molar-refractivity contribution in [3.05, 3.63) is 63.5 Å². The van der Waals surface area contributed by atoms with Gasteiger partial charge in [-0.3, -0.25) is 9.48 Å². The van der Waals surface area contributed by atoms with Crippen LogP contribution in [0.2, 0.25) is 0 Å². The smallest absolute Gasteiger partial charge is 0.264 e. The first kappa shape index (κ1) is 16.1. The average molecular weight is 351 g/mol. The van der Waals surface area contributed by atoms with Crippen LogP contribution in [0.25, 0.3) is 11.3 Å². The summed E-state index contributed by atoms with van der Waals surface area (Å²) in [4.78, 5) is 16.7. The van der Waals surface area contributed by atoms with Crippen molar-refractivity contribution in [2.24, 2.45) is 0 Å². The van der Waals surface area contributed by atoms with Crippen LogP contribution >= 0.6 is 11.3 Å². The molecule has 0 spiro atoms. The van der Waals surface area contributed by atoms with Crippen LogP contribution in [0.3, 0.4) is 0 Å². The van der Waals surface area contributed by atoms with E-state index in [4.69, 9.17) is 5.10 Å². The molecule has 0 N–H and O–H groups in total. The quantitative estimate of drug-likeness (QED) is 0.691. The van der Waals surface area contributed by atoms with Gasteiger partial charge in [-0.25, -0.2) is 0 Å². The number of fused-ring (bicyclic) bond motifs is 1. The number of hydrogen-bond donors (Lipinski definition) is 0. The summed E-state index contributed by atoms with van der Waals surface area (Å²) in [6.07, 6.45) is 0.929. The summed E-state index contributed by atoms with van der Waals surface area (Å²) in [5.74, 6) is 0.129.